The van der Waals surface area contributed by atoms with Crippen LogP contribution in [0.3, 0.4) is 0 Å². The maximum atomic E-state index is 11.8. The van der Waals surface area contributed by atoms with Crippen LogP contribution in [0, 0.1) is 10.8 Å². The van der Waals surface area contributed by atoms with Gasteiger partial charge in [0.25, 0.3) is 0 Å². The van der Waals surface area contributed by atoms with Gasteiger partial charge in [0.05, 0.1) is 6.04 Å². The molecule has 0 aromatic heterocycles. The number of carbonyl (C=O) groups excluding carboxylic acids is 1. The predicted octanol–water partition coefficient (Wildman–Crippen LogP) is 2.87. The summed E-state index contributed by atoms with van der Waals surface area (Å²) in [6.07, 6.45) is 4.02. The number of rotatable bonds is 3. The lowest BCUT2D eigenvalue weighted by atomic mass is 9.63. The second kappa shape index (κ2) is 6.25. The maximum absolute atomic E-state index is 11.8. The van der Waals surface area contributed by atoms with Gasteiger partial charge in [0, 0.05) is 6.04 Å². The van der Waals surface area contributed by atoms with Gasteiger partial charge in [-0.2, -0.15) is 0 Å². The predicted molar refractivity (Wildman–Crippen MR) is 78.9 cm³/mol. The molecule has 1 saturated carbocycles. The molecule has 0 unspecified atom stereocenters. The van der Waals surface area contributed by atoms with Crippen LogP contribution in [0.15, 0.2) is 0 Å². The molecule has 1 amide bonds. The van der Waals surface area contributed by atoms with E-state index in [0.717, 1.165) is 12.8 Å². The van der Waals surface area contributed by atoms with Gasteiger partial charge >= 0.3 is 0 Å². The number of amides is 1. The maximum Gasteiger partial charge on any atom is 0.237 e. The van der Waals surface area contributed by atoms with Crippen molar-refractivity contribution in [2.45, 2.75) is 72.4 Å². The van der Waals surface area contributed by atoms with Gasteiger partial charge in [-0.3, -0.25) is 4.79 Å². The van der Waals surface area contributed by atoms with Crippen LogP contribution in [0.5, 0.6) is 0 Å². The van der Waals surface area contributed by atoms with Crippen molar-refractivity contribution in [3.63, 3.8) is 0 Å². The molecule has 1 fully saturated rings. The minimum absolute atomic E-state index is 0. The van der Waals surface area contributed by atoms with E-state index in [-0.39, 0.29) is 30.4 Å². The van der Waals surface area contributed by atoms with Crippen molar-refractivity contribution >= 4 is 18.3 Å². The second-order valence-corrected chi connectivity index (χ2v) is 7.13. The van der Waals surface area contributed by atoms with Crippen LogP contribution >= 0.6 is 12.4 Å². The first-order chi connectivity index (χ1) is 7.65. The highest BCUT2D eigenvalue weighted by molar-refractivity contribution is 5.85. The van der Waals surface area contributed by atoms with E-state index in [2.05, 4.69) is 33.0 Å². The van der Waals surface area contributed by atoms with Crippen LogP contribution in [0.2, 0.25) is 0 Å². The zero-order valence-electron chi connectivity index (χ0n) is 12.4. The molecule has 1 rings (SSSR count). The second-order valence-electron chi connectivity index (χ2n) is 7.13. The Morgan fingerprint density at radius 3 is 2.11 bits per heavy atom. The lowest BCUT2D eigenvalue weighted by Gasteiger charge is -2.45. The standard InChI is InChI=1S/C14H28N2O.ClH/c1-6-11(15)12(17)16-10-7-13(2,3)9-14(4,5)8-10;/h10-11H,6-9,15H2,1-5H3,(H,16,17);1H/t11-;/m0./s1. The molecular formula is C14H29ClN2O. The Kier molecular flexibility index (Phi) is 6.15. The summed E-state index contributed by atoms with van der Waals surface area (Å²) in [5.74, 6) is 0.00556. The summed E-state index contributed by atoms with van der Waals surface area (Å²) in [5, 5.41) is 3.12. The zero-order chi connectivity index (χ0) is 13.3. The Labute approximate surface area is 118 Å². The van der Waals surface area contributed by atoms with Crippen molar-refractivity contribution < 1.29 is 4.79 Å². The molecule has 1 aliphatic carbocycles. The summed E-state index contributed by atoms with van der Waals surface area (Å²) in [7, 11) is 0. The fourth-order valence-corrected chi connectivity index (χ4v) is 3.44. The molecule has 0 heterocycles. The summed E-state index contributed by atoms with van der Waals surface area (Å²) in [6.45, 7) is 11.1. The molecule has 0 radical (unpaired) electrons. The van der Waals surface area contributed by atoms with Crippen molar-refractivity contribution in [2.24, 2.45) is 16.6 Å². The molecule has 18 heavy (non-hydrogen) atoms. The van der Waals surface area contributed by atoms with Crippen molar-refractivity contribution in [3.8, 4) is 0 Å². The molecule has 0 aromatic carbocycles. The molecule has 0 saturated heterocycles. The Morgan fingerprint density at radius 1 is 1.28 bits per heavy atom. The quantitative estimate of drug-likeness (QED) is 0.833. The smallest absolute Gasteiger partial charge is 0.237 e. The first kappa shape index (κ1) is 17.7. The van der Waals surface area contributed by atoms with Crippen LogP contribution in [-0.2, 0) is 4.79 Å². The van der Waals surface area contributed by atoms with Crippen LogP contribution in [0.1, 0.15) is 60.3 Å². The highest BCUT2D eigenvalue weighted by Crippen LogP contribution is 2.45. The third kappa shape index (κ3) is 5.15. The lowest BCUT2D eigenvalue weighted by Crippen LogP contribution is -2.50. The third-order valence-electron chi connectivity index (χ3n) is 3.68. The average Bonchev–Trinajstić information content (AvgIpc) is 2.11. The number of carbonyl (C=O) groups is 1. The number of halogens is 1. The molecule has 1 aliphatic rings. The molecule has 0 aliphatic heterocycles. The monoisotopic (exact) mass is 276 g/mol. The van der Waals surface area contributed by atoms with Gasteiger partial charge in [-0.25, -0.2) is 0 Å². The minimum atomic E-state index is -0.358. The fourth-order valence-electron chi connectivity index (χ4n) is 3.44. The summed E-state index contributed by atoms with van der Waals surface area (Å²) in [4.78, 5) is 11.8. The number of nitrogens with one attached hydrogen (secondary N) is 1. The van der Waals surface area contributed by atoms with E-state index in [4.69, 9.17) is 5.73 Å². The molecule has 0 spiro atoms. The van der Waals surface area contributed by atoms with E-state index in [1.54, 1.807) is 0 Å². The van der Waals surface area contributed by atoms with Gasteiger partial charge < -0.3 is 11.1 Å². The van der Waals surface area contributed by atoms with Gasteiger partial charge in [-0.1, -0.05) is 34.6 Å². The first-order valence-corrected chi connectivity index (χ1v) is 6.71. The topological polar surface area (TPSA) is 55.1 Å². The van der Waals surface area contributed by atoms with Crippen LogP contribution < -0.4 is 11.1 Å². The molecule has 0 aromatic rings. The van der Waals surface area contributed by atoms with Crippen LogP contribution in [-0.4, -0.2) is 18.0 Å². The Hall–Kier alpha value is -0.280. The van der Waals surface area contributed by atoms with Crippen LogP contribution in [0.4, 0.5) is 0 Å². The SMILES string of the molecule is CC[C@H](N)C(=O)NC1CC(C)(C)CC(C)(C)C1.Cl. The lowest BCUT2D eigenvalue weighted by molar-refractivity contribution is -0.124. The van der Waals surface area contributed by atoms with E-state index in [9.17, 15) is 4.79 Å². The Morgan fingerprint density at radius 2 is 1.72 bits per heavy atom. The summed E-state index contributed by atoms with van der Waals surface area (Å²) in [5.41, 5.74) is 6.36. The zero-order valence-corrected chi connectivity index (χ0v) is 13.2. The largest absolute Gasteiger partial charge is 0.352 e. The summed E-state index contributed by atoms with van der Waals surface area (Å²) in [6, 6.07) is -0.0815. The summed E-state index contributed by atoms with van der Waals surface area (Å²) >= 11 is 0. The van der Waals surface area contributed by atoms with Crippen molar-refractivity contribution in [3.05, 3.63) is 0 Å². The fraction of sp³-hybridized carbons (Fsp3) is 0.929. The molecule has 108 valence electrons. The third-order valence-corrected chi connectivity index (χ3v) is 3.68. The van der Waals surface area contributed by atoms with Gasteiger partial charge in [0.2, 0.25) is 5.91 Å². The van der Waals surface area contributed by atoms with E-state index in [0.29, 0.717) is 17.3 Å². The van der Waals surface area contributed by atoms with Crippen molar-refractivity contribution in [1.29, 1.82) is 0 Å². The van der Waals surface area contributed by atoms with Crippen molar-refractivity contribution in [1.82, 2.24) is 5.32 Å². The van der Waals surface area contributed by atoms with Crippen LogP contribution in [0.25, 0.3) is 0 Å². The van der Waals surface area contributed by atoms with E-state index < -0.39 is 0 Å². The normalized spacial score (nSPS) is 23.9. The van der Waals surface area contributed by atoms with E-state index >= 15 is 0 Å². The average molecular weight is 277 g/mol. The van der Waals surface area contributed by atoms with Gasteiger partial charge in [-0.05, 0) is 36.5 Å². The molecule has 3 N–H and O–H groups in total. The highest BCUT2D eigenvalue weighted by atomic mass is 35.5. The van der Waals surface area contributed by atoms with E-state index in [1.807, 2.05) is 6.92 Å². The van der Waals surface area contributed by atoms with E-state index in [1.165, 1.54) is 6.42 Å². The number of hydrogen-bond acceptors (Lipinski definition) is 2. The molecule has 0 bridgehead atoms. The Balaban J connectivity index is 0.00000289. The molecule has 1 atom stereocenters. The molecular weight excluding hydrogens is 248 g/mol. The van der Waals surface area contributed by atoms with Gasteiger partial charge in [-0.15, -0.1) is 12.4 Å². The molecule has 4 heteroatoms. The molecule has 3 nitrogen and oxygen atoms in total. The Bertz CT molecular complexity index is 274. The summed E-state index contributed by atoms with van der Waals surface area (Å²) < 4.78 is 0. The number of hydrogen-bond donors (Lipinski definition) is 2. The van der Waals surface area contributed by atoms with Gasteiger partial charge in [0.1, 0.15) is 0 Å². The van der Waals surface area contributed by atoms with Gasteiger partial charge in [0.15, 0.2) is 0 Å². The minimum Gasteiger partial charge on any atom is -0.352 e. The van der Waals surface area contributed by atoms with Crippen molar-refractivity contribution in [2.75, 3.05) is 0 Å². The number of nitrogens with two attached hydrogens (primary N) is 1. The first-order valence-electron chi connectivity index (χ1n) is 6.71. The highest BCUT2D eigenvalue weighted by Gasteiger charge is 2.39.